The number of urea groups is 1. The quantitative estimate of drug-likeness (QED) is 0.831. The van der Waals surface area contributed by atoms with Gasteiger partial charge in [-0.25, -0.2) is 4.79 Å². The van der Waals surface area contributed by atoms with Gasteiger partial charge in [0.25, 0.3) is 0 Å². The molecule has 2 aliphatic heterocycles. The summed E-state index contributed by atoms with van der Waals surface area (Å²) in [5.41, 5.74) is -0.779. The Hall–Kier alpha value is -1.30. The molecule has 0 spiro atoms. The van der Waals surface area contributed by atoms with Gasteiger partial charge in [-0.1, -0.05) is 13.8 Å². The third-order valence-electron chi connectivity index (χ3n) is 5.09. The van der Waals surface area contributed by atoms with E-state index < -0.39 is 11.4 Å². The fourth-order valence-electron chi connectivity index (χ4n) is 3.33. The highest BCUT2D eigenvalue weighted by molar-refractivity contribution is 5.80. The molecule has 21 heavy (non-hydrogen) atoms. The molecule has 6 heteroatoms. The van der Waals surface area contributed by atoms with Crippen LogP contribution in [0.15, 0.2) is 0 Å². The molecule has 0 aromatic heterocycles. The highest BCUT2D eigenvalue weighted by Crippen LogP contribution is 2.38. The molecule has 1 unspecified atom stereocenters. The van der Waals surface area contributed by atoms with Crippen molar-refractivity contribution in [2.75, 3.05) is 46.3 Å². The summed E-state index contributed by atoms with van der Waals surface area (Å²) < 4.78 is 0. The molecule has 6 nitrogen and oxygen atoms in total. The first-order valence-corrected chi connectivity index (χ1v) is 7.82. The molecule has 0 aromatic rings. The van der Waals surface area contributed by atoms with Gasteiger partial charge in [0.05, 0.1) is 5.41 Å². The lowest BCUT2D eigenvalue weighted by molar-refractivity contribution is -0.150. The van der Waals surface area contributed by atoms with E-state index in [0.29, 0.717) is 19.5 Å². The molecular formula is C15H27N3O3. The van der Waals surface area contributed by atoms with Gasteiger partial charge in [0.1, 0.15) is 0 Å². The van der Waals surface area contributed by atoms with Crippen LogP contribution in [-0.4, -0.2) is 78.1 Å². The Kier molecular flexibility index (Phi) is 4.76. The first-order valence-electron chi connectivity index (χ1n) is 7.82. The zero-order chi connectivity index (χ0) is 15.6. The Bertz CT molecular complexity index is 413. The normalized spacial score (nSPS) is 28.0. The van der Waals surface area contributed by atoms with Gasteiger partial charge in [-0.05, 0) is 32.4 Å². The van der Waals surface area contributed by atoms with Crippen molar-refractivity contribution >= 4 is 12.0 Å². The number of carboxylic acids is 1. The highest BCUT2D eigenvalue weighted by Gasteiger charge is 2.49. The molecule has 120 valence electrons. The summed E-state index contributed by atoms with van der Waals surface area (Å²) in [6, 6.07) is 0.00840. The van der Waals surface area contributed by atoms with Crippen LogP contribution in [0.25, 0.3) is 0 Å². The number of likely N-dealkylation sites (tertiary alicyclic amines) is 1. The van der Waals surface area contributed by atoms with Crippen LogP contribution in [0.4, 0.5) is 4.79 Å². The minimum atomic E-state index is -0.779. The summed E-state index contributed by atoms with van der Waals surface area (Å²) >= 11 is 0. The van der Waals surface area contributed by atoms with Crippen molar-refractivity contribution in [3.63, 3.8) is 0 Å². The van der Waals surface area contributed by atoms with E-state index in [2.05, 4.69) is 11.9 Å². The van der Waals surface area contributed by atoms with E-state index in [9.17, 15) is 14.7 Å². The Morgan fingerprint density at radius 1 is 1.05 bits per heavy atom. The molecule has 2 amide bonds. The summed E-state index contributed by atoms with van der Waals surface area (Å²) in [5, 5.41) is 9.57. The number of carboxylic acid groups (broad SMARTS) is 1. The van der Waals surface area contributed by atoms with Gasteiger partial charge in [0.2, 0.25) is 0 Å². The lowest BCUT2D eigenvalue weighted by Crippen LogP contribution is -2.46. The Morgan fingerprint density at radius 2 is 1.76 bits per heavy atom. The van der Waals surface area contributed by atoms with Crippen molar-refractivity contribution in [1.82, 2.24) is 14.7 Å². The number of carbonyl (C=O) groups is 2. The number of carbonyl (C=O) groups excluding carboxylic acids is 1. The average molecular weight is 297 g/mol. The maximum absolute atomic E-state index is 12.6. The van der Waals surface area contributed by atoms with Crippen LogP contribution in [-0.2, 0) is 4.79 Å². The number of rotatable bonds is 2. The standard InChI is InChI=1S/C15H27N3O3/c1-12(2)15(13(19)20)5-8-18(11-15)14(21)17-7-4-6-16(3)9-10-17/h12H,4-11H2,1-3H3,(H,19,20). The lowest BCUT2D eigenvalue weighted by Gasteiger charge is -2.31. The Morgan fingerprint density at radius 3 is 2.33 bits per heavy atom. The van der Waals surface area contributed by atoms with Gasteiger partial charge in [-0.3, -0.25) is 4.79 Å². The van der Waals surface area contributed by atoms with Gasteiger partial charge >= 0.3 is 12.0 Å². The number of amides is 2. The molecular weight excluding hydrogens is 270 g/mol. The summed E-state index contributed by atoms with van der Waals surface area (Å²) in [4.78, 5) is 30.1. The van der Waals surface area contributed by atoms with Crippen molar-refractivity contribution < 1.29 is 14.7 Å². The minimum Gasteiger partial charge on any atom is -0.481 e. The number of aliphatic carboxylic acids is 1. The highest BCUT2D eigenvalue weighted by atomic mass is 16.4. The van der Waals surface area contributed by atoms with Gasteiger partial charge in [-0.2, -0.15) is 0 Å². The SMILES string of the molecule is CC(C)C1(C(=O)O)CCN(C(=O)N2CCCN(C)CC2)C1. The second kappa shape index (κ2) is 6.22. The van der Waals surface area contributed by atoms with E-state index in [-0.39, 0.29) is 11.9 Å². The molecule has 1 atom stereocenters. The number of hydrogen-bond donors (Lipinski definition) is 1. The smallest absolute Gasteiger partial charge is 0.320 e. The maximum Gasteiger partial charge on any atom is 0.320 e. The van der Waals surface area contributed by atoms with E-state index >= 15 is 0 Å². The second-order valence-electron chi connectivity index (χ2n) is 6.71. The minimum absolute atomic E-state index is 0.00840. The fraction of sp³-hybridized carbons (Fsp3) is 0.867. The van der Waals surface area contributed by atoms with E-state index in [1.165, 1.54) is 0 Å². The van der Waals surface area contributed by atoms with E-state index in [1.807, 2.05) is 18.7 Å². The largest absolute Gasteiger partial charge is 0.481 e. The van der Waals surface area contributed by atoms with E-state index in [1.54, 1.807) is 4.90 Å². The first-order chi connectivity index (χ1) is 9.86. The molecule has 0 aliphatic carbocycles. The van der Waals surface area contributed by atoms with Gasteiger partial charge in [0.15, 0.2) is 0 Å². The van der Waals surface area contributed by atoms with Crippen LogP contribution in [0.2, 0.25) is 0 Å². The maximum atomic E-state index is 12.6. The predicted molar refractivity (Wildman–Crippen MR) is 80.2 cm³/mol. The van der Waals surface area contributed by atoms with Gasteiger partial charge in [0, 0.05) is 32.7 Å². The molecule has 2 heterocycles. The van der Waals surface area contributed by atoms with Crippen molar-refractivity contribution in [2.45, 2.75) is 26.7 Å². The molecule has 2 saturated heterocycles. The zero-order valence-corrected chi connectivity index (χ0v) is 13.3. The van der Waals surface area contributed by atoms with Gasteiger partial charge in [-0.15, -0.1) is 0 Å². The average Bonchev–Trinajstić information content (AvgIpc) is 2.78. The molecule has 1 N–H and O–H groups in total. The molecule has 0 saturated carbocycles. The number of likely N-dealkylation sites (N-methyl/N-ethyl adjacent to an activating group) is 1. The monoisotopic (exact) mass is 297 g/mol. The third-order valence-corrected chi connectivity index (χ3v) is 5.09. The molecule has 0 radical (unpaired) electrons. The van der Waals surface area contributed by atoms with Crippen molar-refractivity contribution in [3.05, 3.63) is 0 Å². The lowest BCUT2D eigenvalue weighted by atomic mass is 9.76. The Balaban J connectivity index is 2.03. The predicted octanol–water partition coefficient (Wildman–Crippen LogP) is 1.18. The van der Waals surface area contributed by atoms with Crippen LogP contribution in [0.5, 0.6) is 0 Å². The summed E-state index contributed by atoms with van der Waals surface area (Å²) in [7, 11) is 2.07. The van der Waals surface area contributed by atoms with Crippen molar-refractivity contribution in [2.24, 2.45) is 11.3 Å². The van der Waals surface area contributed by atoms with Gasteiger partial charge < -0.3 is 19.8 Å². The van der Waals surface area contributed by atoms with E-state index in [0.717, 1.165) is 32.6 Å². The molecule has 2 rings (SSSR count). The molecule has 0 bridgehead atoms. The van der Waals surface area contributed by atoms with Crippen molar-refractivity contribution in [1.29, 1.82) is 0 Å². The third kappa shape index (κ3) is 3.15. The van der Waals surface area contributed by atoms with Crippen LogP contribution in [0, 0.1) is 11.3 Å². The molecule has 2 fully saturated rings. The molecule has 0 aromatic carbocycles. The summed E-state index contributed by atoms with van der Waals surface area (Å²) in [6.07, 6.45) is 1.53. The summed E-state index contributed by atoms with van der Waals surface area (Å²) in [6.45, 7) is 8.14. The fourth-order valence-corrected chi connectivity index (χ4v) is 3.33. The molecule has 2 aliphatic rings. The first kappa shape index (κ1) is 16.1. The topological polar surface area (TPSA) is 64.1 Å². The summed E-state index contributed by atoms with van der Waals surface area (Å²) in [5.74, 6) is -0.744. The Labute approximate surface area is 126 Å². The second-order valence-corrected chi connectivity index (χ2v) is 6.71. The number of hydrogen-bond acceptors (Lipinski definition) is 3. The van der Waals surface area contributed by atoms with Crippen LogP contribution >= 0.6 is 0 Å². The van der Waals surface area contributed by atoms with Crippen LogP contribution < -0.4 is 0 Å². The number of nitrogens with zero attached hydrogens (tertiary/aromatic N) is 3. The zero-order valence-electron chi connectivity index (χ0n) is 13.3. The van der Waals surface area contributed by atoms with Crippen LogP contribution in [0.1, 0.15) is 26.7 Å². The van der Waals surface area contributed by atoms with E-state index in [4.69, 9.17) is 0 Å². The van der Waals surface area contributed by atoms with Crippen LogP contribution in [0.3, 0.4) is 0 Å². The van der Waals surface area contributed by atoms with Crippen molar-refractivity contribution in [3.8, 4) is 0 Å².